The summed E-state index contributed by atoms with van der Waals surface area (Å²) in [5.41, 5.74) is -0.0841. The summed E-state index contributed by atoms with van der Waals surface area (Å²) in [7, 11) is 1.75. The molecule has 2 aliphatic rings. The highest BCUT2D eigenvalue weighted by Gasteiger charge is 2.48. The second kappa shape index (κ2) is 6.53. The Morgan fingerprint density at radius 2 is 2.00 bits per heavy atom. The Morgan fingerprint density at radius 3 is 2.42 bits per heavy atom. The number of nitrogens with zero attached hydrogens (tertiary/aromatic N) is 1. The SMILES string of the molecule is COCCN(CC(CO)(NC1CC1)C1CC1)C(C)C. The van der Waals surface area contributed by atoms with E-state index in [0.717, 1.165) is 19.7 Å². The first kappa shape index (κ1) is 15.2. The normalized spacial score (nSPS) is 23.1. The first-order valence-electron chi connectivity index (χ1n) is 7.73. The first-order valence-corrected chi connectivity index (χ1v) is 7.73. The van der Waals surface area contributed by atoms with Gasteiger partial charge in [-0.3, -0.25) is 4.90 Å². The molecule has 2 saturated carbocycles. The maximum atomic E-state index is 10.00. The van der Waals surface area contributed by atoms with Gasteiger partial charge in [0.15, 0.2) is 0 Å². The maximum absolute atomic E-state index is 10.00. The number of hydrogen-bond acceptors (Lipinski definition) is 4. The number of aliphatic hydroxyl groups is 1. The molecule has 0 saturated heterocycles. The lowest BCUT2D eigenvalue weighted by Gasteiger charge is -2.40. The van der Waals surface area contributed by atoms with Crippen molar-refractivity contribution in [1.29, 1.82) is 0 Å². The molecule has 0 radical (unpaired) electrons. The molecule has 0 heterocycles. The molecule has 0 aromatic rings. The third-order valence-electron chi connectivity index (χ3n) is 4.51. The van der Waals surface area contributed by atoms with Gasteiger partial charge in [-0.05, 0) is 45.4 Å². The van der Waals surface area contributed by atoms with Crippen LogP contribution in [-0.4, -0.2) is 61.0 Å². The molecule has 1 unspecified atom stereocenters. The topological polar surface area (TPSA) is 44.7 Å². The smallest absolute Gasteiger partial charge is 0.0628 e. The predicted octanol–water partition coefficient (Wildman–Crippen LogP) is 1.24. The van der Waals surface area contributed by atoms with Crippen LogP contribution in [0.2, 0.25) is 0 Å². The van der Waals surface area contributed by atoms with Crippen LogP contribution >= 0.6 is 0 Å². The van der Waals surface area contributed by atoms with Gasteiger partial charge >= 0.3 is 0 Å². The van der Waals surface area contributed by atoms with E-state index < -0.39 is 0 Å². The molecule has 0 bridgehead atoms. The summed E-state index contributed by atoms with van der Waals surface area (Å²) in [4.78, 5) is 2.44. The molecule has 4 nitrogen and oxygen atoms in total. The lowest BCUT2D eigenvalue weighted by Crippen LogP contribution is -2.60. The highest BCUT2D eigenvalue weighted by molar-refractivity contribution is 5.06. The fourth-order valence-corrected chi connectivity index (χ4v) is 2.88. The van der Waals surface area contributed by atoms with Crippen molar-refractivity contribution in [2.24, 2.45) is 5.92 Å². The van der Waals surface area contributed by atoms with E-state index in [1.807, 2.05) is 0 Å². The van der Waals surface area contributed by atoms with Crippen molar-refractivity contribution < 1.29 is 9.84 Å². The third-order valence-corrected chi connectivity index (χ3v) is 4.51. The van der Waals surface area contributed by atoms with Gasteiger partial charge in [-0.2, -0.15) is 0 Å². The fraction of sp³-hybridized carbons (Fsp3) is 1.00. The molecular weight excluding hydrogens is 240 g/mol. The minimum atomic E-state index is -0.0841. The molecular formula is C15H30N2O2. The molecule has 0 amide bonds. The summed E-state index contributed by atoms with van der Waals surface area (Å²) >= 11 is 0. The lowest BCUT2D eigenvalue weighted by molar-refractivity contribution is 0.0582. The zero-order valence-corrected chi connectivity index (χ0v) is 12.7. The Labute approximate surface area is 117 Å². The molecule has 2 aliphatic carbocycles. The molecule has 19 heavy (non-hydrogen) atoms. The van der Waals surface area contributed by atoms with Crippen LogP contribution in [0, 0.1) is 5.92 Å². The largest absolute Gasteiger partial charge is 0.394 e. The van der Waals surface area contributed by atoms with E-state index in [2.05, 4.69) is 24.1 Å². The van der Waals surface area contributed by atoms with Crippen LogP contribution in [0.1, 0.15) is 39.5 Å². The average molecular weight is 270 g/mol. The van der Waals surface area contributed by atoms with Gasteiger partial charge in [0.25, 0.3) is 0 Å². The van der Waals surface area contributed by atoms with Crippen molar-refractivity contribution in [1.82, 2.24) is 10.2 Å². The second-order valence-electron chi connectivity index (χ2n) is 6.56. The van der Waals surface area contributed by atoms with Gasteiger partial charge in [0, 0.05) is 32.3 Å². The standard InChI is InChI=1S/C15H30N2O2/c1-12(2)17(8-9-19-3)10-15(11-18,13-4-5-13)16-14-6-7-14/h12-14,16,18H,4-11H2,1-3H3. The predicted molar refractivity (Wildman–Crippen MR) is 77.3 cm³/mol. The quantitative estimate of drug-likeness (QED) is 0.627. The van der Waals surface area contributed by atoms with Crippen molar-refractivity contribution in [2.75, 3.05) is 33.4 Å². The molecule has 2 fully saturated rings. The molecule has 0 aromatic carbocycles. The zero-order chi connectivity index (χ0) is 13.9. The van der Waals surface area contributed by atoms with Gasteiger partial charge in [-0.25, -0.2) is 0 Å². The van der Waals surface area contributed by atoms with Crippen LogP contribution in [0.15, 0.2) is 0 Å². The number of hydrogen-bond donors (Lipinski definition) is 2. The Morgan fingerprint density at radius 1 is 1.32 bits per heavy atom. The van der Waals surface area contributed by atoms with Crippen LogP contribution in [0.25, 0.3) is 0 Å². The molecule has 2 N–H and O–H groups in total. The number of methoxy groups -OCH3 is 1. The summed E-state index contributed by atoms with van der Waals surface area (Å²) in [6.07, 6.45) is 5.06. The van der Waals surface area contributed by atoms with E-state index in [1.54, 1.807) is 7.11 Å². The third kappa shape index (κ3) is 4.15. The van der Waals surface area contributed by atoms with Gasteiger partial charge in [-0.15, -0.1) is 0 Å². The molecule has 1 atom stereocenters. The van der Waals surface area contributed by atoms with E-state index in [9.17, 15) is 5.11 Å². The molecule has 0 spiro atoms. The molecule has 4 heteroatoms. The van der Waals surface area contributed by atoms with Gasteiger partial charge in [0.1, 0.15) is 0 Å². The Bertz CT molecular complexity index is 277. The van der Waals surface area contributed by atoms with Crippen molar-refractivity contribution in [3.05, 3.63) is 0 Å². The van der Waals surface area contributed by atoms with Crippen LogP contribution in [0.4, 0.5) is 0 Å². The minimum absolute atomic E-state index is 0.0841. The monoisotopic (exact) mass is 270 g/mol. The van der Waals surface area contributed by atoms with E-state index in [1.165, 1.54) is 25.7 Å². The van der Waals surface area contributed by atoms with Gasteiger partial charge in [0.05, 0.1) is 18.8 Å². The number of aliphatic hydroxyl groups excluding tert-OH is 1. The highest BCUT2D eigenvalue weighted by atomic mass is 16.5. The van der Waals surface area contributed by atoms with Crippen LogP contribution in [-0.2, 0) is 4.74 Å². The highest BCUT2D eigenvalue weighted by Crippen LogP contribution is 2.42. The molecule has 0 aliphatic heterocycles. The van der Waals surface area contributed by atoms with Crippen LogP contribution in [0.5, 0.6) is 0 Å². The van der Waals surface area contributed by atoms with E-state index >= 15 is 0 Å². The molecule has 0 aromatic heterocycles. The van der Waals surface area contributed by atoms with Gasteiger partial charge < -0.3 is 15.2 Å². The minimum Gasteiger partial charge on any atom is -0.394 e. The fourth-order valence-electron chi connectivity index (χ4n) is 2.88. The first-order chi connectivity index (χ1) is 9.11. The van der Waals surface area contributed by atoms with Crippen molar-refractivity contribution in [2.45, 2.75) is 57.2 Å². The van der Waals surface area contributed by atoms with Crippen LogP contribution < -0.4 is 5.32 Å². The lowest BCUT2D eigenvalue weighted by atomic mass is 9.92. The van der Waals surface area contributed by atoms with E-state index in [4.69, 9.17) is 4.74 Å². The Balaban J connectivity index is 1.99. The van der Waals surface area contributed by atoms with Crippen molar-refractivity contribution in [3.63, 3.8) is 0 Å². The number of ether oxygens (including phenoxy) is 1. The van der Waals surface area contributed by atoms with Crippen molar-refractivity contribution >= 4 is 0 Å². The summed E-state index contributed by atoms with van der Waals surface area (Å²) < 4.78 is 5.22. The van der Waals surface area contributed by atoms with Crippen LogP contribution in [0.3, 0.4) is 0 Å². The summed E-state index contributed by atoms with van der Waals surface area (Å²) in [6.45, 7) is 7.34. The number of rotatable bonds is 10. The van der Waals surface area contributed by atoms with E-state index in [0.29, 0.717) is 18.0 Å². The average Bonchev–Trinajstić information content (AvgIpc) is 3.25. The van der Waals surface area contributed by atoms with E-state index in [-0.39, 0.29) is 12.1 Å². The second-order valence-corrected chi connectivity index (χ2v) is 6.56. The summed E-state index contributed by atoms with van der Waals surface area (Å²) in [5.74, 6) is 0.655. The Hall–Kier alpha value is -0.160. The van der Waals surface area contributed by atoms with Gasteiger partial charge in [0.2, 0.25) is 0 Å². The summed E-state index contributed by atoms with van der Waals surface area (Å²) in [6, 6.07) is 1.13. The maximum Gasteiger partial charge on any atom is 0.0628 e. The molecule has 112 valence electrons. The summed E-state index contributed by atoms with van der Waals surface area (Å²) in [5, 5.41) is 13.7. The number of nitrogens with one attached hydrogen (secondary N) is 1. The van der Waals surface area contributed by atoms with Gasteiger partial charge in [-0.1, -0.05) is 0 Å². The zero-order valence-electron chi connectivity index (χ0n) is 12.7. The molecule has 2 rings (SSSR count). The Kier molecular flexibility index (Phi) is 5.23. The van der Waals surface area contributed by atoms with Crippen molar-refractivity contribution in [3.8, 4) is 0 Å².